The van der Waals surface area contributed by atoms with E-state index in [2.05, 4.69) is 44.2 Å². The molecule has 1 aromatic heterocycles. The minimum absolute atomic E-state index is 0.350. The van der Waals surface area contributed by atoms with Gasteiger partial charge in [0.05, 0.1) is 0 Å². The Kier molecular flexibility index (Phi) is 7.06. The minimum atomic E-state index is -0.350. The van der Waals surface area contributed by atoms with Gasteiger partial charge in [0.2, 0.25) is 0 Å². The van der Waals surface area contributed by atoms with Crippen LogP contribution in [0.15, 0.2) is 82.0 Å². The molecule has 0 saturated heterocycles. The van der Waals surface area contributed by atoms with E-state index in [1.165, 1.54) is 24.8 Å². The fraction of sp³-hybridized carbons (Fsp3) is 0.276. The highest BCUT2D eigenvalue weighted by Crippen LogP contribution is 2.33. The second kappa shape index (κ2) is 10.3. The average molecular weight is 427 g/mol. The van der Waals surface area contributed by atoms with Gasteiger partial charge in [0, 0.05) is 17.5 Å². The monoisotopic (exact) mass is 426 g/mol. The number of benzene rings is 3. The topological polar surface area (TPSA) is 39.4 Å². The fourth-order valence-corrected chi connectivity index (χ4v) is 4.01. The molecular formula is C29H30O3. The van der Waals surface area contributed by atoms with Crippen molar-refractivity contribution >= 4 is 11.0 Å². The first-order chi connectivity index (χ1) is 15.6. The first kappa shape index (κ1) is 21.9. The Morgan fingerprint density at radius 1 is 0.875 bits per heavy atom. The van der Waals surface area contributed by atoms with Gasteiger partial charge >= 0.3 is 5.63 Å². The summed E-state index contributed by atoms with van der Waals surface area (Å²) in [5.41, 5.74) is 5.63. The van der Waals surface area contributed by atoms with Crippen molar-refractivity contribution in [2.45, 2.75) is 52.6 Å². The van der Waals surface area contributed by atoms with Crippen LogP contribution in [-0.2, 0) is 13.0 Å². The fourth-order valence-electron chi connectivity index (χ4n) is 4.01. The quantitative estimate of drug-likeness (QED) is 0.206. The van der Waals surface area contributed by atoms with Crippen molar-refractivity contribution in [3.8, 4) is 16.9 Å². The number of hydrogen-bond acceptors (Lipinski definition) is 3. The number of fused-ring (bicyclic) bond motifs is 1. The summed E-state index contributed by atoms with van der Waals surface area (Å²) in [5, 5.41) is 0.948. The maximum atomic E-state index is 12.3. The van der Waals surface area contributed by atoms with Crippen LogP contribution in [0.25, 0.3) is 22.1 Å². The molecule has 0 bridgehead atoms. The van der Waals surface area contributed by atoms with Crippen molar-refractivity contribution in [2.75, 3.05) is 0 Å². The van der Waals surface area contributed by atoms with Gasteiger partial charge in [-0.15, -0.1) is 0 Å². The van der Waals surface area contributed by atoms with E-state index < -0.39 is 0 Å². The van der Waals surface area contributed by atoms with Crippen molar-refractivity contribution in [3.63, 3.8) is 0 Å². The molecule has 3 nitrogen and oxygen atoms in total. The maximum absolute atomic E-state index is 12.3. The van der Waals surface area contributed by atoms with E-state index in [1.54, 1.807) is 6.07 Å². The highest BCUT2D eigenvalue weighted by Gasteiger charge is 2.14. The summed E-state index contributed by atoms with van der Waals surface area (Å²) in [6.45, 7) is 4.78. The van der Waals surface area contributed by atoms with Gasteiger partial charge < -0.3 is 9.15 Å². The lowest BCUT2D eigenvalue weighted by molar-refractivity contribution is 0.302. The molecule has 0 fully saturated rings. The highest BCUT2D eigenvalue weighted by molar-refractivity contribution is 5.94. The first-order valence-corrected chi connectivity index (χ1v) is 11.5. The second-order valence-electron chi connectivity index (χ2n) is 8.39. The van der Waals surface area contributed by atoms with Gasteiger partial charge in [0.1, 0.15) is 17.9 Å². The smallest absolute Gasteiger partial charge is 0.336 e. The van der Waals surface area contributed by atoms with E-state index in [0.29, 0.717) is 12.2 Å². The summed E-state index contributed by atoms with van der Waals surface area (Å²) in [7, 11) is 0. The number of unbranched alkanes of at least 4 members (excludes halogenated alkanes) is 3. The molecule has 0 N–H and O–H groups in total. The predicted octanol–water partition coefficient (Wildman–Crippen LogP) is 7.47. The van der Waals surface area contributed by atoms with Crippen LogP contribution in [0.5, 0.6) is 5.75 Å². The van der Waals surface area contributed by atoms with E-state index in [4.69, 9.17) is 9.15 Å². The molecule has 0 saturated carbocycles. The molecule has 0 amide bonds. The Balaban J connectivity index is 1.73. The first-order valence-electron chi connectivity index (χ1n) is 11.5. The highest BCUT2D eigenvalue weighted by atomic mass is 16.5. The lowest BCUT2D eigenvalue weighted by Gasteiger charge is -2.15. The Hall–Kier alpha value is -3.33. The van der Waals surface area contributed by atoms with Crippen molar-refractivity contribution in [1.82, 2.24) is 0 Å². The van der Waals surface area contributed by atoms with E-state index in [0.717, 1.165) is 46.2 Å². The van der Waals surface area contributed by atoms with Gasteiger partial charge in [-0.2, -0.15) is 0 Å². The van der Waals surface area contributed by atoms with Crippen molar-refractivity contribution in [2.24, 2.45) is 0 Å². The normalized spacial score (nSPS) is 11.1. The molecular weight excluding hydrogens is 396 g/mol. The molecule has 3 aromatic carbocycles. The van der Waals surface area contributed by atoms with Gasteiger partial charge in [-0.1, -0.05) is 86.3 Å². The molecule has 4 aromatic rings. The van der Waals surface area contributed by atoms with Crippen molar-refractivity contribution < 1.29 is 9.15 Å². The predicted molar refractivity (Wildman–Crippen MR) is 131 cm³/mol. The number of hydrogen-bond donors (Lipinski definition) is 0. The number of rotatable bonds is 9. The standard InChI is InChI=1S/C29H30O3/c1-3-4-5-7-12-24-17-26-25(23-10-8-6-9-11-23)18-29(30)32-28(26)19-27(24)31-20-22-15-13-21(2)14-16-22/h6,8-11,13-19H,3-5,7,12,20H2,1-2H3. The molecule has 164 valence electrons. The van der Waals surface area contributed by atoms with E-state index in [-0.39, 0.29) is 5.63 Å². The van der Waals surface area contributed by atoms with Crippen molar-refractivity contribution in [1.29, 1.82) is 0 Å². The third kappa shape index (κ3) is 5.28. The van der Waals surface area contributed by atoms with E-state index >= 15 is 0 Å². The zero-order valence-electron chi connectivity index (χ0n) is 18.9. The molecule has 4 rings (SSSR count). The SMILES string of the molecule is CCCCCCc1cc2c(-c3ccccc3)cc(=O)oc2cc1OCc1ccc(C)cc1. The van der Waals surface area contributed by atoms with Crippen LogP contribution in [0.1, 0.15) is 49.3 Å². The zero-order valence-corrected chi connectivity index (χ0v) is 18.9. The van der Waals surface area contributed by atoms with Crippen LogP contribution in [-0.4, -0.2) is 0 Å². The lowest BCUT2D eigenvalue weighted by Crippen LogP contribution is -2.02. The largest absolute Gasteiger partial charge is 0.488 e. The Morgan fingerprint density at radius 3 is 2.41 bits per heavy atom. The molecule has 32 heavy (non-hydrogen) atoms. The molecule has 3 heteroatoms. The Morgan fingerprint density at radius 2 is 1.66 bits per heavy atom. The molecule has 0 spiro atoms. The number of ether oxygens (including phenoxy) is 1. The summed E-state index contributed by atoms with van der Waals surface area (Å²) in [4.78, 5) is 12.3. The van der Waals surface area contributed by atoms with E-state index in [9.17, 15) is 4.79 Å². The summed E-state index contributed by atoms with van der Waals surface area (Å²) in [6.07, 6.45) is 5.68. The lowest BCUT2D eigenvalue weighted by atomic mass is 9.98. The molecule has 0 aliphatic heterocycles. The zero-order chi connectivity index (χ0) is 22.3. The summed E-state index contributed by atoms with van der Waals surface area (Å²) >= 11 is 0. The van der Waals surface area contributed by atoms with Gasteiger partial charge in [0.15, 0.2) is 0 Å². The Labute approximate surface area is 189 Å². The van der Waals surface area contributed by atoms with Crippen LogP contribution in [0.4, 0.5) is 0 Å². The molecule has 1 heterocycles. The molecule has 0 unspecified atom stereocenters. The minimum Gasteiger partial charge on any atom is -0.488 e. The maximum Gasteiger partial charge on any atom is 0.336 e. The second-order valence-corrected chi connectivity index (χ2v) is 8.39. The third-order valence-corrected chi connectivity index (χ3v) is 5.83. The third-order valence-electron chi connectivity index (χ3n) is 5.83. The molecule has 0 aliphatic rings. The summed E-state index contributed by atoms with van der Waals surface area (Å²) < 4.78 is 11.8. The Bertz CT molecular complexity index is 1220. The summed E-state index contributed by atoms with van der Waals surface area (Å²) in [5.74, 6) is 0.794. The van der Waals surface area contributed by atoms with Crippen molar-refractivity contribution in [3.05, 3.63) is 99.9 Å². The van der Waals surface area contributed by atoms with Gasteiger partial charge in [-0.25, -0.2) is 4.79 Å². The average Bonchev–Trinajstić information content (AvgIpc) is 2.81. The van der Waals surface area contributed by atoms with E-state index in [1.807, 2.05) is 36.4 Å². The molecule has 0 aliphatic carbocycles. The molecule has 0 radical (unpaired) electrons. The van der Waals surface area contributed by atoms with Gasteiger partial charge in [0.25, 0.3) is 0 Å². The van der Waals surface area contributed by atoms with Crippen LogP contribution in [0.3, 0.4) is 0 Å². The summed E-state index contributed by atoms with van der Waals surface area (Å²) in [6, 6.07) is 24.0. The van der Waals surface area contributed by atoms with Crippen LogP contribution >= 0.6 is 0 Å². The van der Waals surface area contributed by atoms with Crippen LogP contribution in [0.2, 0.25) is 0 Å². The van der Waals surface area contributed by atoms with Gasteiger partial charge in [-0.05, 0) is 48.1 Å². The van der Waals surface area contributed by atoms with Crippen LogP contribution in [0, 0.1) is 6.92 Å². The number of aryl methyl sites for hydroxylation is 2. The molecule has 0 atom stereocenters. The van der Waals surface area contributed by atoms with Crippen LogP contribution < -0.4 is 10.4 Å². The van der Waals surface area contributed by atoms with Gasteiger partial charge in [-0.3, -0.25) is 0 Å².